The summed E-state index contributed by atoms with van der Waals surface area (Å²) in [5.41, 5.74) is 3.64. The van der Waals surface area contributed by atoms with E-state index in [2.05, 4.69) is 4.98 Å². The Morgan fingerprint density at radius 1 is 1.22 bits per heavy atom. The molecule has 0 saturated carbocycles. The first-order chi connectivity index (χ1) is 11.1. The number of thiazole rings is 1. The maximum Gasteiger partial charge on any atom is 0.270 e. The molecule has 0 aliphatic carbocycles. The van der Waals surface area contributed by atoms with E-state index in [4.69, 9.17) is 4.74 Å². The van der Waals surface area contributed by atoms with Crippen molar-refractivity contribution in [3.63, 3.8) is 0 Å². The highest BCUT2D eigenvalue weighted by Crippen LogP contribution is 2.35. The average molecular weight is 326 g/mol. The second-order valence-electron chi connectivity index (χ2n) is 5.05. The lowest BCUT2D eigenvalue weighted by Gasteiger charge is -2.07. The van der Waals surface area contributed by atoms with Gasteiger partial charge in [0.2, 0.25) is 0 Å². The van der Waals surface area contributed by atoms with Gasteiger partial charge in [-0.25, -0.2) is 4.98 Å². The number of nitrogens with zero attached hydrogens (tertiary/aromatic N) is 2. The molecule has 116 valence electrons. The first-order valence-electron chi connectivity index (χ1n) is 6.94. The largest absolute Gasteiger partial charge is 0.496 e. The quantitative estimate of drug-likeness (QED) is 0.515. The Kier molecular flexibility index (Phi) is 4.08. The first kappa shape index (κ1) is 15.2. The summed E-state index contributed by atoms with van der Waals surface area (Å²) < 4.78 is 5.40. The summed E-state index contributed by atoms with van der Waals surface area (Å²) in [5.74, 6) is 0.756. The molecule has 1 heterocycles. The number of aryl methyl sites for hydroxylation is 1. The van der Waals surface area contributed by atoms with E-state index in [1.54, 1.807) is 13.2 Å². The summed E-state index contributed by atoms with van der Waals surface area (Å²) in [4.78, 5) is 15.1. The molecule has 0 unspecified atom stereocenters. The zero-order valence-electron chi connectivity index (χ0n) is 12.6. The van der Waals surface area contributed by atoms with Gasteiger partial charge in [-0.05, 0) is 19.1 Å². The van der Waals surface area contributed by atoms with Gasteiger partial charge in [-0.3, -0.25) is 10.1 Å². The number of benzene rings is 2. The third-order valence-electron chi connectivity index (χ3n) is 3.44. The number of hydrogen-bond donors (Lipinski definition) is 0. The smallest absolute Gasteiger partial charge is 0.270 e. The molecule has 0 bridgehead atoms. The van der Waals surface area contributed by atoms with E-state index in [0.717, 1.165) is 33.1 Å². The van der Waals surface area contributed by atoms with Crippen LogP contribution in [0.3, 0.4) is 0 Å². The average Bonchev–Trinajstić information content (AvgIpc) is 3.05. The molecule has 0 atom stereocenters. The molecule has 0 amide bonds. The minimum absolute atomic E-state index is 0.0624. The van der Waals surface area contributed by atoms with Gasteiger partial charge in [-0.15, -0.1) is 11.3 Å². The second-order valence-corrected chi connectivity index (χ2v) is 5.91. The van der Waals surface area contributed by atoms with Gasteiger partial charge in [0.05, 0.1) is 17.7 Å². The van der Waals surface area contributed by atoms with E-state index in [1.165, 1.54) is 23.5 Å². The van der Waals surface area contributed by atoms with Crippen molar-refractivity contribution >= 4 is 17.0 Å². The lowest BCUT2D eigenvalue weighted by atomic mass is 10.1. The molecular formula is C17H14N2O3S. The number of ether oxygens (including phenoxy) is 1. The highest BCUT2D eigenvalue weighted by Gasteiger charge is 2.13. The van der Waals surface area contributed by atoms with Crippen molar-refractivity contribution in [3.8, 4) is 27.6 Å². The summed E-state index contributed by atoms with van der Waals surface area (Å²) >= 11 is 1.45. The van der Waals surface area contributed by atoms with Gasteiger partial charge in [0.1, 0.15) is 10.8 Å². The maximum absolute atomic E-state index is 10.9. The number of aromatic nitrogens is 1. The first-order valence-corrected chi connectivity index (χ1v) is 7.82. The van der Waals surface area contributed by atoms with Crippen LogP contribution in [-0.4, -0.2) is 17.0 Å². The Morgan fingerprint density at radius 3 is 2.78 bits per heavy atom. The van der Waals surface area contributed by atoms with Gasteiger partial charge in [0.25, 0.3) is 5.69 Å². The molecule has 0 radical (unpaired) electrons. The molecule has 0 aliphatic heterocycles. The number of methoxy groups -OCH3 is 1. The van der Waals surface area contributed by atoms with E-state index < -0.39 is 4.92 Å². The summed E-state index contributed by atoms with van der Waals surface area (Å²) in [7, 11) is 1.63. The minimum atomic E-state index is -0.401. The van der Waals surface area contributed by atoms with E-state index >= 15 is 0 Å². The van der Waals surface area contributed by atoms with Gasteiger partial charge in [-0.1, -0.05) is 23.8 Å². The van der Waals surface area contributed by atoms with E-state index in [-0.39, 0.29) is 5.69 Å². The van der Waals surface area contributed by atoms with Crippen LogP contribution in [0.5, 0.6) is 5.75 Å². The van der Waals surface area contributed by atoms with Gasteiger partial charge in [-0.2, -0.15) is 0 Å². The molecule has 5 nitrogen and oxygen atoms in total. The summed E-state index contributed by atoms with van der Waals surface area (Å²) in [6, 6.07) is 12.4. The summed E-state index contributed by atoms with van der Waals surface area (Å²) in [6.07, 6.45) is 0. The minimum Gasteiger partial charge on any atom is -0.496 e. The van der Waals surface area contributed by atoms with Gasteiger partial charge >= 0.3 is 0 Å². The zero-order valence-corrected chi connectivity index (χ0v) is 13.5. The van der Waals surface area contributed by atoms with E-state index in [0.29, 0.717) is 0 Å². The number of nitro groups is 1. The normalized spacial score (nSPS) is 10.5. The van der Waals surface area contributed by atoms with Crippen molar-refractivity contribution in [3.05, 3.63) is 63.5 Å². The lowest BCUT2D eigenvalue weighted by molar-refractivity contribution is -0.384. The SMILES string of the molecule is COc1ccc(C)cc1-c1csc(-c2cccc([N+](=O)[O-])c2)n1. The lowest BCUT2D eigenvalue weighted by Crippen LogP contribution is -1.90. The van der Waals surface area contributed by atoms with Crippen molar-refractivity contribution in [2.24, 2.45) is 0 Å². The molecule has 0 spiro atoms. The fourth-order valence-electron chi connectivity index (χ4n) is 2.30. The molecule has 0 saturated heterocycles. The third-order valence-corrected chi connectivity index (χ3v) is 4.33. The maximum atomic E-state index is 10.9. The molecular weight excluding hydrogens is 312 g/mol. The molecule has 2 aromatic carbocycles. The third kappa shape index (κ3) is 3.07. The topological polar surface area (TPSA) is 65.3 Å². The predicted octanol–water partition coefficient (Wildman–Crippen LogP) is 4.70. The van der Waals surface area contributed by atoms with Crippen molar-refractivity contribution < 1.29 is 9.66 Å². The Balaban J connectivity index is 2.03. The van der Waals surface area contributed by atoms with Crippen LogP contribution in [0, 0.1) is 17.0 Å². The molecule has 3 aromatic rings. The summed E-state index contributed by atoms with van der Waals surface area (Å²) in [6.45, 7) is 2.01. The number of non-ortho nitro benzene ring substituents is 1. The van der Waals surface area contributed by atoms with Crippen LogP contribution in [0.15, 0.2) is 47.8 Å². The van der Waals surface area contributed by atoms with Crippen LogP contribution in [0.25, 0.3) is 21.8 Å². The van der Waals surface area contributed by atoms with Crippen LogP contribution < -0.4 is 4.74 Å². The zero-order chi connectivity index (χ0) is 16.4. The highest BCUT2D eigenvalue weighted by atomic mass is 32.1. The van der Waals surface area contributed by atoms with Gasteiger partial charge in [0, 0.05) is 28.6 Å². The summed E-state index contributed by atoms with van der Waals surface area (Å²) in [5, 5.41) is 13.6. The van der Waals surface area contributed by atoms with Crippen molar-refractivity contribution in [2.75, 3.05) is 7.11 Å². The molecule has 6 heteroatoms. The molecule has 3 rings (SSSR count). The number of nitro benzene ring substituents is 1. The highest BCUT2D eigenvalue weighted by molar-refractivity contribution is 7.13. The van der Waals surface area contributed by atoms with Crippen LogP contribution in [0.4, 0.5) is 5.69 Å². The Bertz CT molecular complexity index is 874. The molecule has 0 aliphatic rings. The predicted molar refractivity (Wildman–Crippen MR) is 90.9 cm³/mol. The van der Waals surface area contributed by atoms with Crippen molar-refractivity contribution in [1.29, 1.82) is 0 Å². The fourth-order valence-corrected chi connectivity index (χ4v) is 3.12. The Morgan fingerprint density at radius 2 is 2.04 bits per heavy atom. The van der Waals surface area contributed by atoms with Crippen LogP contribution in [0.2, 0.25) is 0 Å². The van der Waals surface area contributed by atoms with E-state index in [9.17, 15) is 10.1 Å². The van der Waals surface area contributed by atoms with Gasteiger partial charge in [0.15, 0.2) is 0 Å². The van der Waals surface area contributed by atoms with Crippen LogP contribution in [0.1, 0.15) is 5.56 Å². The standard InChI is InChI=1S/C17H14N2O3S/c1-11-6-7-16(22-2)14(8-11)15-10-23-17(18-15)12-4-3-5-13(9-12)19(20)21/h3-10H,1-2H3. The molecule has 0 N–H and O–H groups in total. The number of rotatable bonds is 4. The Labute approximate surface area is 137 Å². The number of hydrogen-bond acceptors (Lipinski definition) is 5. The van der Waals surface area contributed by atoms with Crippen LogP contribution in [-0.2, 0) is 0 Å². The molecule has 1 aromatic heterocycles. The van der Waals surface area contributed by atoms with Crippen molar-refractivity contribution in [1.82, 2.24) is 4.98 Å². The second kappa shape index (κ2) is 6.18. The van der Waals surface area contributed by atoms with Crippen molar-refractivity contribution in [2.45, 2.75) is 6.92 Å². The Hall–Kier alpha value is -2.73. The fraction of sp³-hybridized carbons (Fsp3) is 0.118. The van der Waals surface area contributed by atoms with Gasteiger partial charge < -0.3 is 4.74 Å². The van der Waals surface area contributed by atoms with E-state index in [1.807, 2.05) is 36.6 Å². The molecule has 23 heavy (non-hydrogen) atoms. The monoisotopic (exact) mass is 326 g/mol. The van der Waals surface area contributed by atoms with Crippen LogP contribution >= 0.6 is 11.3 Å². The molecule has 0 fully saturated rings.